The summed E-state index contributed by atoms with van der Waals surface area (Å²) in [7, 11) is 0. The van der Waals surface area contributed by atoms with E-state index < -0.39 is 0 Å². The summed E-state index contributed by atoms with van der Waals surface area (Å²) >= 11 is 1.34. The quantitative estimate of drug-likeness (QED) is 0.523. The lowest BCUT2D eigenvalue weighted by Gasteiger charge is -2.09. The van der Waals surface area contributed by atoms with Crippen LogP contribution in [0.3, 0.4) is 0 Å². The maximum atomic E-state index is 12.1. The lowest BCUT2D eigenvalue weighted by molar-refractivity contribution is -0.111. The summed E-state index contributed by atoms with van der Waals surface area (Å²) in [5.74, 6) is 1.33. The topological polar surface area (TPSA) is 73.3 Å². The molecule has 0 aliphatic heterocycles. The molecule has 2 aromatic carbocycles. The van der Waals surface area contributed by atoms with E-state index in [2.05, 4.69) is 15.5 Å². The largest absolute Gasteiger partial charge is 0.493 e. The van der Waals surface area contributed by atoms with Crippen molar-refractivity contribution in [2.75, 3.05) is 11.9 Å². The molecule has 6 nitrogen and oxygen atoms in total. The van der Waals surface area contributed by atoms with Gasteiger partial charge >= 0.3 is 0 Å². The van der Waals surface area contributed by atoms with Crippen LogP contribution in [0, 0.1) is 0 Å². The fourth-order valence-corrected chi connectivity index (χ4v) is 3.18. The van der Waals surface area contributed by atoms with Crippen molar-refractivity contribution in [1.82, 2.24) is 10.2 Å². The van der Waals surface area contributed by atoms with Gasteiger partial charge in [0, 0.05) is 12.5 Å². The smallest absolute Gasteiger partial charge is 0.250 e. The van der Waals surface area contributed by atoms with Gasteiger partial charge in [-0.3, -0.25) is 10.1 Å². The standard InChI is InChI=1S/C22H23N3O3S/c1-16(2)28-19-10-6-7-17(15-19)11-12-20(26)23-22-25-24-21(29-22)13-14-27-18-8-4-3-5-9-18/h3-12,15-16H,13-14H2,1-2H3,(H,23,25,26)/b12-11+. The van der Waals surface area contributed by atoms with Gasteiger partial charge in [0.05, 0.1) is 12.7 Å². The van der Waals surface area contributed by atoms with Crippen LogP contribution in [0.2, 0.25) is 0 Å². The molecule has 150 valence electrons. The first-order valence-corrected chi connectivity index (χ1v) is 10.2. The van der Waals surface area contributed by atoms with E-state index >= 15 is 0 Å². The fourth-order valence-electron chi connectivity index (χ4n) is 2.46. The summed E-state index contributed by atoms with van der Waals surface area (Å²) in [4.78, 5) is 12.1. The van der Waals surface area contributed by atoms with Gasteiger partial charge in [0.2, 0.25) is 11.0 Å². The predicted molar refractivity (Wildman–Crippen MR) is 115 cm³/mol. The second-order valence-electron chi connectivity index (χ2n) is 6.47. The summed E-state index contributed by atoms with van der Waals surface area (Å²) in [6.45, 7) is 4.45. The molecule has 3 rings (SSSR count). The summed E-state index contributed by atoms with van der Waals surface area (Å²) in [6, 6.07) is 17.2. The van der Waals surface area contributed by atoms with Crippen LogP contribution in [0.1, 0.15) is 24.4 Å². The zero-order valence-electron chi connectivity index (χ0n) is 16.4. The Hall–Kier alpha value is -3.19. The van der Waals surface area contributed by atoms with Crippen LogP contribution in [0.25, 0.3) is 6.08 Å². The second-order valence-corrected chi connectivity index (χ2v) is 7.54. The van der Waals surface area contributed by atoms with Gasteiger partial charge in [-0.15, -0.1) is 10.2 Å². The molecule has 0 spiro atoms. The molecule has 0 aliphatic carbocycles. The average molecular weight is 410 g/mol. The van der Waals surface area contributed by atoms with Crippen LogP contribution in [-0.2, 0) is 11.2 Å². The SMILES string of the molecule is CC(C)Oc1cccc(/C=C/C(=O)Nc2nnc(CCOc3ccccc3)s2)c1. The van der Waals surface area contributed by atoms with E-state index in [0.29, 0.717) is 18.2 Å². The van der Waals surface area contributed by atoms with Crippen molar-refractivity contribution in [2.24, 2.45) is 0 Å². The van der Waals surface area contributed by atoms with Crippen molar-refractivity contribution in [3.05, 3.63) is 71.2 Å². The van der Waals surface area contributed by atoms with Gasteiger partial charge < -0.3 is 9.47 Å². The summed E-state index contributed by atoms with van der Waals surface area (Å²) in [6.07, 6.45) is 3.93. The summed E-state index contributed by atoms with van der Waals surface area (Å²) < 4.78 is 11.3. The van der Waals surface area contributed by atoms with E-state index in [1.807, 2.05) is 68.4 Å². The number of rotatable bonds is 9. The number of amides is 1. The van der Waals surface area contributed by atoms with Crippen LogP contribution < -0.4 is 14.8 Å². The molecule has 1 N–H and O–H groups in total. The molecule has 0 saturated carbocycles. The molecule has 0 bridgehead atoms. The number of ether oxygens (including phenoxy) is 2. The molecular weight excluding hydrogens is 386 g/mol. The Balaban J connectivity index is 1.48. The lowest BCUT2D eigenvalue weighted by Crippen LogP contribution is -2.07. The lowest BCUT2D eigenvalue weighted by atomic mass is 10.2. The number of aromatic nitrogens is 2. The first-order valence-electron chi connectivity index (χ1n) is 9.34. The highest BCUT2D eigenvalue weighted by atomic mass is 32.1. The Morgan fingerprint density at radius 3 is 2.69 bits per heavy atom. The van der Waals surface area contributed by atoms with E-state index in [-0.39, 0.29) is 12.0 Å². The van der Waals surface area contributed by atoms with Gasteiger partial charge in [-0.2, -0.15) is 0 Å². The van der Waals surface area contributed by atoms with Crippen LogP contribution >= 0.6 is 11.3 Å². The van der Waals surface area contributed by atoms with Crippen molar-refractivity contribution < 1.29 is 14.3 Å². The number of nitrogens with one attached hydrogen (secondary N) is 1. The van der Waals surface area contributed by atoms with Crippen molar-refractivity contribution in [1.29, 1.82) is 0 Å². The molecule has 0 aliphatic rings. The van der Waals surface area contributed by atoms with Crippen LogP contribution in [0.4, 0.5) is 5.13 Å². The molecule has 0 unspecified atom stereocenters. The fraction of sp³-hybridized carbons (Fsp3) is 0.227. The highest BCUT2D eigenvalue weighted by Gasteiger charge is 2.07. The minimum atomic E-state index is -0.261. The maximum absolute atomic E-state index is 12.1. The Morgan fingerprint density at radius 2 is 1.90 bits per heavy atom. The maximum Gasteiger partial charge on any atom is 0.250 e. The van der Waals surface area contributed by atoms with Gasteiger partial charge in [0.15, 0.2) is 0 Å². The Bertz CT molecular complexity index is 955. The van der Waals surface area contributed by atoms with E-state index in [4.69, 9.17) is 9.47 Å². The number of hydrogen-bond acceptors (Lipinski definition) is 6. The van der Waals surface area contributed by atoms with Gasteiger partial charge in [-0.25, -0.2) is 0 Å². The molecule has 3 aromatic rings. The molecule has 0 atom stereocenters. The minimum absolute atomic E-state index is 0.0993. The van der Waals surface area contributed by atoms with Gasteiger partial charge in [-0.05, 0) is 49.8 Å². The second kappa shape index (κ2) is 10.4. The molecule has 1 heterocycles. The van der Waals surface area contributed by atoms with Gasteiger partial charge in [0.25, 0.3) is 0 Å². The molecule has 1 amide bonds. The van der Waals surface area contributed by atoms with Crippen LogP contribution in [0.5, 0.6) is 11.5 Å². The third-order valence-electron chi connectivity index (χ3n) is 3.68. The third-order valence-corrected chi connectivity index (χ3v) is 4.58. The zero-order chi connectivity index (χ0) is 20.5. The van der Waals surface area contributed by atoms with Crippen molar-refractivity contribution in [2.45, 2.75) is 26.4 Å². The van der Waals surface area contributed by atoms with Gasteiger partial charge in [0.1, 0.15) is 16.5 Å². The van der Waals surface area contributed by atoms with E-state index in [1.54, 1.807) is 6.08 Å². The molecule has 0 fully saturated rings. The van der Waals surface area contributed by atoms with Crippen LogP contribution in [0.15, 0.2) is 60.7 Å². The summed E-state index contributed by atoms with van der Waals surface area (Å²) in [5.41, 5.74) is 0.884. The summed E-state index contributed by atoms with van der Waals surface area (Å²) in [5, 5.41) is 12.1. The molecule has 7 heteroatoms. The molecular formula is C22H23N3O3S. The van der Waals surface area contributed by atoms with E-state index in [0.717, 1.165) is 22.1 Å². The molecule has 1 aromatic heterocycles. The minimum Gasteiger partial charge on any atom is -0.493 e. The van der Waals surface area contributed by atoms with Crippen molar-refractivity contribution in [3.8, 4) is 11.5 Å². The number of hydrogen-bond donors (Lipinski definition) is 1. The van der Waals surface area contributed by atoms with Gasteiger partial charge in [-0.1, -0.05) is 41.7 Å². The number of anilines is 1. The number of benzene rings is 2. The van der Waals surface area contributed by atoms with Crippen molar-refractivity contribution in [3.63, 3.8) is 0 Å². The van der Waals surface area contributed by atoms with E-state index in [1.165, 1.54) is 17.4 Å². The first kappa shape index (κ1) is 20.5. The highest BCUT2D eigenvalue weighted by Crippen LogP contribution is 2.18. The highest BCUT2D eigenvalue weighted by molar-refractivity contribution is 7.15. The first-order chi connectivity index (χ1) is 14.1. The number of carbonyl (C=O) groups excluding carboxylic acids is 1. The Morgan fingerprint density at radius 1 is 1.10 bits per heavy atom. The Labute approximate surface area is 174 Å². The third kappa shape index (κ3) is 7.04. The molecule has 29 heavy (non-hydrogen) atoms. The number of para-hydroxylation sites is 1. The van der Waals surface area contributed by atoms with Crippen molar-refractivity contribution >= 4 is 28.5 Å². The number of nitrogens with zero attached hydrogens (tertiary/aromatic N) is 2. The molecule has 0 saturated heterocycles. The van der Waals surface area contributed by atoms with E-state index in [9.17, 15) is 4.79 Å². The number of carbonyl (C=O) groups is 1. The normalized spacial score (nSPS) is 11.0. The molecule has 0 radical (unpaired) electrons. The average Bonchev–Trinajstić information content (AvgIpc) is 3.14. The Kier molecular flexibility index (Phi) is 7.35. The monoisotopic (exact) mass is 409 g/mol. The zero-order valence-corrected chi connectivity index (χ0v) is 17.2. The van der Waals surface area contributed by atoms with Crippen LogP contribution in [-0.4, -0.2) is 28.8 Å². The predicted octanol–water partition coefficient (Wildman–Crippen LogP) is 4.60.